The molecule has 4 heteroatoms. The quantitative estimate of drug-likeness (QED) is 0.856. The molecule has 0 aliphatic carbocycles. The first-order chi connectivity index (χ1) is 9.15. The Morgan fingerprint density at radius 1 is 1.37 bits per heavy atom. The van der Waals surface area contributed by atoms with Gasteiger partial charge in [-0.1, -0.05) is 12.1 Å². The van der Waals surface area contributed by atoms with Gasteiger partial charge in [-0.3, -0.25) is 4.79 Å². The first kappa shape index (κ1) is 13.1. The van der Waals surface area contributed by atoms with Crippen LogP contribution in [0.2, 0.25) is 0 Å². The van der Waals surface area contributed by atoms with Crippen molar-refractivity contribution in [3.8, 4) is 0 Å². The third-order valence-corrected chi connectivity index (χ3v) is 2.60. The lowest BCUT2D eigenvalue weighted by molar-refractivity contribution is -0.117. The molecule has 0 saturated carbocycles. The number of halogens is 1. The van der Waals surface area contributed by atoms with E-state index in [9.17, 15) is 9.18 Å². The largest absolute Gasteiger partial charge is 0.467 e. The fourth-order valence-corrected chi connectivity index (χ4v) is 1.65. The second kappa shape index (κ2) is 6.00. The van der Waals surface area contributed by atoms with Crippen LogP contribution >= 0.6 is 0 Å². The van der Waals surface area contributed by atoms with E-state index in [4.69, 9.17) is 4.42 Å². The summed E-state index contributed by atoms with van der Waals surface area (Å²) in [4.78, 5) is 11.7. The minimum absolute atomic E-state index is 0.209. The van der Waals surface area contributed by atoms with Gasteiger partial charge in [-0.05, 0) is 42.8 Å². The molecule has 3 nitrogen and oxygen atoms in total. The number of rotatable bonds is 4. The highest BCUT2D eigenvalue weighted by molar-refractivity contribution is 5.91. The Morgan fingerprint density at radius 3 is 2.89 bits per heavy atom. The molecule has 0 spiro atoms. The molecule has 2 rings (SSSR count). The molecular formula is C15H14FNO2. The van der Waals surface area contributed by atoms with Gasteiger partial charge in [0.1, 0.15) is 11.6 Å². The Morgan fingerprint density at radius 2 is 2.21 bits per heavy atom. The van der Waals surface area contributed by atoms with Crippen molar-refractivity contribution in [1.82, 2.24) is 5.32 Å². The van der Waals surface area contributed by atoms with E-state index in [0.29, 0.717) is 11.3 Å². The Balaban J connectivity index is 1.94. The van der Waals surface area contributed by atoms with Gasteiger partial charge in [0, 0.05) is 6.08 Å². The molecular weight excluding hydrogens is 245 g/mol. The highest BCUT2D eigenvalue weighted by atomic mass is 19.1. The smallest absolute Gasteiger partial charge is 0.244 e. The second-order valence-corrected chi connectivity index (χ2v) is 4.13. The maximum atomic E-state index is 12.9. The first-order valence-corrected chi connectivity index (χ1v) is 5.93. The van der Waals surface area contributed by atoms with Crippen LogP contribution in [0.15, 0.2) is 53.2 Å². The van der Waals surface area contributed by atoms with E-state index in [1.54, 1.807) is 36.6 Å². The number of carbonyl (C=O) groups excluding carboxylic acids is 1. The number of nitrogens with one attached hydrogen (secondary N) is 1. The normalized spacial score (nSPS) is 12.5. The average molecular weight is 259 g/mol. The summed E-state index contributed by atoms with van der Waals surface area (Å²) in [6, 6.07) is 9.39. The van der Waals surface area contributed by atoms with Crippen molar-refractivity contribution < 1.29 is 13.6 Å². The van der Waals surface area contributed by atoms with Gasteiger partial charge in [0.25, 0.3) is 0 Å². The van der Waals surface area contributed by atoms with Crippen molar-refractivity contribution >= 4 is 12.0 Å². The van der Waals surface area contributed by atoms with Crippen molar-refractivity contribution in [2.75, 3.05) is 0 Å². The van der Waals surface area contributed by atoms with Gasteiger partial charge in [0.2, 0.25) is 5.91 Å². The molecule has 0 unspecified atom stereocenters. The fraction of sp³-hybridized carbons (Fsp3) is 0.133. The highest BCUT2D eigenvalue weighted by Gasteiger charge is 2.09. The molecule has 1 heterocycles. The lowest BCUT2D eigenvalue weighted by Crippen LogP contribution is -2.24. The van der Waals surface area contributed by atoms with Crippen LogP contribution in [-0.2, 0) is 4.79 Å². The molecule has 1 amide bonds. The zero-order valence-electron chi connectivity index (χ0n) is 10.5. The Bertz CT molecular complexity index is 576. The Kier molecular flexibility index (Phi) is 4.13. The van der Waals surface area contributed by atoms with E-state index in [2.05, 4.69) is 5.32 Å². The molecule has 19 heavy (non-hydrogen) atoms. The van der Waals surface area contributed by atoms with Gasteiger partial charge in [0.15, 0.2) is 0 Å². The number of hydrogen-bond donors (Lipinski definition) is 1. The summed E-state index contributed by atoms with van der Waals surface area (Å²) in [5, 5.41) is 2.75. The highest BCUT2D eigenvalue weighted by Crippen LogP contribution is 2.12. The van der Waals surface area contributed by atoms with Gasteiger partial charge in [0.05, 0.1) is 12.3 Å². The lowest BCUT2D eigenvalue weighted by Gasteiger charge is -2.08. The maximum absolute atomic E-state index is 12.9. The predicted octanol–water partition coefficient (Wildman–Crippen LogP) is 3.31. The van der Waals surface area contributed by atoms with Gasteiger partial charge >= 0.3 is 0 Å². The minimum Gasteiger partial charge on any atom is -0.467 e. The predicted molar refractivity (Wildman–Crippen MR) is 70.7 cm³/mol. The van der Waals surface area contributed by atoms with Gasteiger partial charge in [-0.2, -0.15) is 0 Å². The summed E-state index contributed by atoms with van der Waals surface area (Å²) in [5.74, 6) is 0.104. The van der Waals surface area contributed by atoms with Crippen LogP contribution in [0, 0.1) is 5.82 Å². The van der Waals surface area contributed by atoms with E-state index in [-0.39, 0.29) is 17.8 Å². The molecule has 98 valence electrons. The van der Waals surface area contributed by atoms with Crippen molar-refractivity contribution in [2.45, 2.75) is 13.0 Å². The zero-order chi connectivity index (χ0) is 13.7. The van der Waals surface area contributed by atoms with E-state index >= 15 is 0 Å². The molecule has 0 bridgehead atoms. The minimum atomic E-state index is -0.327. The number of hydrogen-bond acceptors (Lipinski definition) is 2. The molecule has 1 atom stereocenters. The molecule has 1 N–H and O–H groups in total. The van der Waals surface area contributed by atoms with E-state index in [1.807, 2.05) is 6.92 Å². The maximum Gasteiger partial charge on any atom is 0.244 e. The third-order valence-electron chi connectivity index (χ3n) is 2.60. The molecule has 0 fully saturated rings. The van der Waals surface area contributed by atoms with Gasteiger partial charge in [-0.15, -0.1) is 0 Å². The van der Waals surface area contributed by atoms with Gasteiger partial charge in [-0.25, -0.2) is 4.39 Å². The molecule has 1 aromatic heterocycles. The summed E-state index contributed by atoms with van der Waals surface area (Å²) >= 11 is 0. The number of furan rings is 1. The third kappa shape index (κ3) is 3.81. The molecule has 1 aromatic carbocycles. The van der Waals surface area contributed by atoms with Gasteiger partial charge < -0.3 is 9.73 Å². The van der Waals surface area contributed by atoms with E-state index in [0.717, 1.165) is 0 Å². The zero-order valence-corrected chi connectivity index (χ0v) is 10.5. The number of benzene rings is 1. The summed E-state index contributed by atoms with van der Waals surface area (Å²) in [6.07, 6.45) is 4.49. The number of amides is 1. The van der Waals surface area contributed by atoms with Crippen molar-refractivity contribution in [1.29, 1.82) is 0 Å². The topological polar surface area (TPSA) is 42.2 Å². The number of carbonyl (C=O) groups is 1. The molecule has 0 aliphatic rings. The van der Waals surface area contributed by atoms with Crippen LogP contribution in [0.1, 0.15) is 24.3 Å². The molecule has 0 saturated heterocycles. The summed E-state index contributed by atoms with van der Waals surface area (Å²) in [6.45, 7) is 1.83. The van der Waals surface area contributed by atoms with Crippen LogP contribution < -0.4 is 5.32 Å². The molecule has 2 aromatic rings. The summed E-state index contributed by atoms with van der Waals surface area (Å²) < 4.78 is 18.1. The fourth-order valence-electron chi connectivity index (χ4n) is 1.65. The van der Waals surface area contributed by atoms with Crippen molar-refractivity contribution in [2.24, 2.45) is 0 Å². The van der Waals surface area contributed by atoms with Crippen LogP contribution in [0.5, 0.6) is 0 Å². The Labute approximate surface area is 110 Å². The van der Waals surface area contributed by atoms with Crippen molar-refractivity contribution in [3.05, 3.63) is 65.9 Å². The second-order valence-electron chi connectivity index (χ2n) is 4.13. The Hall–Kier alpha value is -2.36. The standard InChI is InChI=1S/C15H14FNO2/c1-11(14-6-3-9-19-14)17-15(18)8-7-12-4-2-5-13(16)10-12/h2-11H,1H3,(H,17,18)/b8-7+/t11-/m1/s1. The first-order valence-electron chi connectivity index (χ1n) is 5.93. The van der Waals surface area contributed by atoms with Crippen LogP contribution in [-0.4, -0.2) is 5.91 Å². The summed E-state index contributed by atoms with van der Waals surface area (Å²) in [7, 11) is 0. The van der Waals surface area contributed by atoms with Crippen LogP contribution in [0.25, 0.3) is 6.08 Å². The average Bonchev–Trinajstić information content (AvgIpc) is 2.90. The van der Waals surface area contributed by atoms with Crippen LogP contribution in [0.3, 0.4) is 0 Å². The van der Waals surface area contributed by atoms with E-state index < -0.39 is 0 Å². The van der Waals surface area contributed by atoms with E-state index in [1.165, 1.54) is 18.2 Å². The monoisotopic (exact) mass is 259 g/mol. The lowest BCUT2D eigenvalue weighted by atomic mass is 10.2. The molecule has 0 radical (unpaired) electrons. The molecule has 0 aliphatic heterocycles. The summed E-state index contributed by atoms with van der Waals surface area (Å²) in [5.41, 5.74) is 0.640. The van der Waals surface area contributed by atoms with Crippen LogP contribution in [0.4, 0.5) is 4.39 Å². The SMILES string of the molecule is C[C@@H](NC(=O)/C=C/c1cccc(F)c1)c1ccco1. The van der Waals surface area contributed by atoms with Crippen molar-refractivity contribution in [3.63, 3.8) is 0 Å².